The molecule has 1 aromatic heterocycles. The highest BCUT2D eigenvalue weighted by molar-refractivity contribution is 5.94. The van der Waals surface area contributed by atoms with Crippen molar-refractivity contribution >= 4 is 17.0 Å². The van der Waals surface area contributed by atoms with Crippen molar-refractivity contribution in [2.45, 2.75) is 26.7 Å². The lowest BCUT2D eigenvalue weighted by molar-refractivity contribution is 0.0601. The molecule has 0 aliphatic heterocycles. The molecule has 0 aliphatic carbocycles. The van der Waals surface area contributed by atoms with Crippen molar-refractivity contribution < 1.29 is 9.53 Å². The maximum Gasteiger partial charge on any atom is 0.337 e. The average molecular weight is 232 g/mol. The van der Waals surface area contributed by atoms with E-state index in [-0.39, 0.29) is 5.97 Å². The van der Waals surface area contributed by atoms with Gasteiger partial charge in [0.05, 0.1) is 23.7 Å². The van der Waals surface area contributed by atoms with Crippen LogP contribution in [0.5, 0.6) is 0 Å². The minimum absolute atomic E-state index is 0.324. The number of aromatic amines is 1. The number of ether oxygens (including phenoxy) is 1. The topological polar surface area (TPSA) is 55.0 Å². The highest BCUT2D eigenvalue weighted by Crippen LogP contribution is 2.19. The van der Waals surface area contributed by atoms with Gasteiger partial charge < -0.3 is 9.72 Å². The highest BCUT2D eigenvalue weighted by Gasteiger charge is 2.11. The molecule has 2 aromatic rings. The standard InChI is InChI=1S/C13H16N2O2/c1-4-5-11-14-10-7-9(13(16)17-3)6-8(2)12(10)15-11/h6-7H,4-5H2,1-3H3,(H,14,15). The zero-order valence-electron chi connectivity index (χ0n) is 10.3. The van der Waals surface area contributed by atoms with Crippen LogP contribution in [0.1, 0.15) is 35.1 Å². The van der Waals surface area contributed by atoms with Crippen molar-refractivity contribution in [1.29, 1.82) is 0 Å². The number of aryl methyl sites for hydroxylation is 2. The third-order valence-corrected chi connectivity index (χ3v) is 2.75. The summed E-state index contributed by atoms with van der Waals surface area (Å²) in [6, 6.07) is 3.59. The summed E-state index contributed by atoms with van der Waals surface area (Å²) in [6.07, 6.45) is 1.96. The number of carbonyl (C=O) groups excluding carboxylic acids is 1. The Morgan fingerprint density at radius 2 is 2.24 bits per heavy atom. The number of imidazole rings is 1. The molecule has 0 radical (unpaired) electrons. The van der Waals surface area contributed by atoms with E-state index >= 15 is 0 Å². The average Bonchev–Trinajstić information content (AvgIpc) is 2.71. The van der Waals surface area contributed by atoms with E-state index in [4.69, 9.17) is 4.74 Å². The molecule has 4 nitrogen and oxygen atoms in total. The van der Waals surface area contributed by atoms with Gasteiger partial charge in [-0.05, 0) is 31.0 Å². The van der Waals surface area contributed by atoms with Crippen LogP contribution >= 0.6 is 0 Å². The molecular formula is C13H16N2O2. The summed E-state index contributed by atoms with van der Waals surface area (Å²) in [7, 11) is 1.38. The van der Waals surface area contributed by atoms with Gasteiger partial charge in [-0.3, -0.25) is 0 Å². The molecule has 1 N–H and O–H groups in total. The molecule has 4 heteroatoms. The second kappa shape index (κ2) is 4.57. The number of H-pyrrole nitrogens is 1. The molecule has 0 unspecified atom stereocenters. The van der Waals surface area contributed by atoms with E-state index in [9.17, 15) is 4.79 Å². The molecule has 0 saturated carbocycles. The number of benzene rings is 1. The fourth-order valence-corrected chi connectivity index (χ4v) is 1.93. The molecule has 0 atom stereocenters. The molecular weight excluding hydrogens is 216 g/mol. The molecule has 0 aliphatic rings. The first-order valence-electron chi connectivity index (χ1n) is 5.73. The monoisotopic (exact) mass is 232 g/mol. The summed E-state index contributed by atoms with van der Waals surface area (Å²) in [5.74, 6) is 0.641. The van der Waals surface area contributed by atoms with E-state index in [1.165, 1.54) is 7.11 Å². The van der Waals surface area contributed by atoms with Crippen LogP contribution in [0.3, 0.4) is 0 Å². The number of esters is 1. The molecule has 0 bridgehead atoms. The second-order valence-corrected chi connectivity index (χ2v) is 4.11. The minimum Gasteiger partial charge on any atom is -0.465 e. The first kappa shape index (κ1) is 11.6. The Bertz CT molecular complexity index is 558. The van der Waals surface area contributed by atoms with Crippen molar-refractivity contribution in [2.75, 3.05) is 7.11 Å². The Morgan fingerprint density at radius 3 is 2.88 bits per heavy atom. The van der Waals surface area contributed by atoms with Gasteiger partial charge in [-0.1, -0.05) is 6.92 Å². The predicted octanol–water partition coefficient (Wildman–Crippen LogP) is 2.61. The van der Waals surface area contributed by atoms with Crippen LogP contribution in [0.2, 0.25) is 0 Å². The van der Waals surface area contributed by atoms with Gasteiger partial charge in [-0.15, -0.1) is 0 Å². The highest BCUT2D eigenvalue weighted by atomic mass is 16.5. The van der Waals surface area contributed by atoms with Crippen LogP contribution in [0, 0.1) is 6.92 Å². The zero-order valence-corrected chi connectivity index (χ0v) is 10.3. The van der Waals surface area contributed by atoms with Crippen LogP contribution in [0.4, 0.5) is 0 Å². The lowest BCUT2D eigenvalue weighted by Gasteiger charge is -2.01. The fourth-order valence-electron chi connectivity index (χ4n) is 1.93. The Balaban J connectivity index is 2.53. The fraction of sp³-hybridized carbons (Fsp3) is 0.385. The molecule has 1 aromatic carbocycles. The van der Waals surface area contributed by atoms with Crippen molar-refractivity contribution in [3.05, 3.63) is 29.1 Å². The van der Waals surface area contributed by atoms with Crippen molar-refractivity contribution in [3.63, 3.8) is 0 Å². The van der Waals surface area contributed by atoms with E-state index in [1.54, 1.807) is 6.07 Å². The summed E-state index contributed by atoms with van der Waals surface area (Å²) in [4.78, 5) is 19.2. The van der Waals surface area contributed by atoms with Crippen LogP contribution in [-0.4, -0.2) is 23.0 Å². The number of rotatable bonds is 3. The molecule has 0 spiro atoms. The smallest absolute Gasteiger partial charge is 0.337 e. The van der Waals surface area contributed by atoms with E-state index in [0.29, 0.717) is 5.56 Å². The predicted molar refractivity (Wildman–Crippen MR) is 66.2 cm³/mol. The second-order valence-electron chi connectivity index (χ2n) is 4.11. The van der Waals surface area contributed by atoms with Crippen molar-refractivity contribution in [2.24, 2.45) is 0 Å². The molecule has 0 fully saturated rings. The lowest BCUT2D eigenvalue weighted by atomic mass is 10.1. The summed E-state index contributed by atoms with van der Waals surface area (Å²) in [5, 5.41) is 0. The summed E-state index contributed by atoms with van der Waals surface area (Å²) < 4.78 is 4.72. The largest absolute Gasteiger partial charge is 0.465 e. The third-order valence-electron chi connectivity index (χ3n) is 2.75. The van der Waals surface area contributed by atoms with E-state index in [1.807, 2.05) is 13.0 Å². The van der Waals surface area contributed by atoms with Crippen LogP contribution in [-0.2, 0) is 11.2 Å². The number of nitrogens with zero attached hydrogens (tertiary/aromatic N) is 1. The number of nitrogens with one attached hydrogen (secondary N) is 1. The number of fused-ring (bicyclic) bond motifs is 1. The first-order chi connectivity index (χ1) is 8.15. The zero-order chi connectivity index (χ0) is 12.4. The maximum atomic E-state index is 11.5. The van der Waals surface area contributed by atoms with E-state index in [2.05, 4.69) is 16.9 Å². The van der Waals surface area contributed by atoms with Crippen molar-refractivity contribution in [1.82, 2.24) is 9.97 Å². The van der Waals surface area contributed by atoms with Gasteiger partial charge in [0.2, 0.25) is 0 Å². The van der Waals surface area contributed by atoms with Crippen LogP contribution in [0.25, 0.3) is 11.0 Å². The van der Waals surface area contributed by atoms with Crippen molar-refractivity contribution in [3.8, 4) is 0 Å². The molecule has 0 amide bonds. The molecule has 1 heterocycles. The van der Waals surface area contributed by atoms with Gasteiger partial charge >= 0.3 is 5.97 Å². The van der Waals surface area contributed by atoms with Gasteiger partial charge in [0.25, 0.3) is 0 Å². The molecule has 2 rings (SSSR count). The quantitative estimate of drug-likeness (QED) is 0.827. The number of aromatic nitrogens is 2. The van der Waals surface area contributed by atoms with Gasteiger partial charge in [0.15, 0.2) is 0 Å². The Hall–Kier alpha value is -1.84. The minimum atomic E-state index is -0.324. The number of hydrogen-bond donors (Lipinski definition) is 1. The molecule has 90 valence electrons. The van der Waals surface area contributed by atoms with Crippen LogP contribution < -0.4 is 0 Å². The first-order valence-corrected chi connectivity index (χ1v) is 5.73. The normalized spacial score (nSPS) is 10.8. The Kier molecular flexibility index (Phi) is 3.13. The lowest BCUT2D eigenvalue weighted by Crippen LogP contribution is -2.01. The Morgan fingerprint density at radius 1 is 1.47 bits per heavy atom. The summed E-state index contributed by atoms with van der Waals surface area (Å²) in [5.41, 5.74) is 3.39. The van der Waals surface area contributed by atoms with E-state index in [0.717, 1.165) is 35.3 Å². The molecule has 0 saturated heterocycles. The SMILES string of the molecule is CCCc1nc2cc(C(=O)OC)cc(C)c2[nH]1. The number of carbonyl (C=O) groups is 1. The Labute approximate surface area is 100 Å². The van der Waals surface area contributed by atoms with Gasteiger partial charge in [-0.25, -0.2) is 9.78 Å². The van der Waals surface area contributed by atoms with Gasteiger partial charge in [-0.2, -0.15) is 0 Å². The molecule has 17 heavy (non-hydrogen) atoms. The van der Waals surface area contributed by atoms with E-state index < -0.39 is 0 Å². The maximum absolute atomic E-state index is 11.5. The van der Waals surface area contributed by atoms with Gasteiger partial charge in [0, 0.05) is 6.42 Å². The number of hydrogen-bond acceptors (Lipinski definition) is 3. The van der Waals surface area contributed by atoms with Crippen LogP contribution in [0.15, 0.2) is 12.1 Å². The summed E-state index contributed by atoms with van der Waals surface area (Å²) in [6.45, 7) is 4.07. The third kappa shape index (κ3) is 2.16. The summed E-state index contributed by atoms with van der Waals surface area (Å²) >= 11 is 0. The van der Waals surface area contributed by atoms with Gasteiger partial charge in [0.1, 0.15) is 5.82 Å². The number of methoxy groups -OCH3 is 1.